The molecular weight excluding hydrogens is 632 g/mol. The summed E-state index contributed by atoms with van der Waals surface area (Å²) in [5.41, 5.74) is 6.34. The lowest BCUT2D eigenvalue weighted by molar-refractivity contribution is 0.0695. The minimum atomic E-state index is -1.01. The molecule has 0 fully saturated rings. The SMILES string of the molecule is Cc1c(NC(=O)c2ccc(C=O)cn2)cccc1-c1ccnc(C=Cc2cc(Cl)c3oc(Cn4ccc(C(=O)O)c4C)nc3c2)c1C#N. The van der Waals surface area contributed by atoms with Gasteiger partial charge in [-0.25, -0.2) is 9.78 Å². The molecule has 48 heavy (non-hydrogen) atoms. The Kier molecular flexibility index (Phi) is 8.66. The number of amides is 1. The van der Waals surface area contributed by atoms with Crippen molar-refractivity contribution in [1.29, 1.82) is 5.26 Å². The molecule has 0 aliphatic carbocycles. The van der Waals surface area contributed by atoms with E-state index in [2.05, 4.69) is 26.3 Å². The topological polar surface area (TPSA) is 164 Å². The number of carboxylic acids is 1. The minimum absolute atomic E-state index is 0.157. The maximum atomic E-state index is 12.9. The van der Waals surface area contributed by atoms with Crippen LogP contribution in [0.1, 0.15) is 65.2 Å². The van der Waals surface area contributed by atoms with Crippen molar-refractivity contribution < 1.29 is 23.9 Å². The molecule has 2 aromatic carbocycles. The zero-order valence-corrected chi connectivity index (χ0v) is 26.3. The maximum absolute atomic E-state index is 12.9. The third-order valence-corrected chi connectivity index (χ3v) is 8.12. The lowest BCUT2D eigenvalue weighted by Gasteiger charge is -2.14. The number of hydrogen-bond acceptors (Lipinski definition) is 8. The Labute approximate surface area is 278 Å². The second-order valence-electron chi connectivity index (χ2n) is 10.8. The molecule has 0 unspecified atom stereocenters. The summed E-state index contributed by atoms with van der Waals surface area (Å²) in [6.07, 6.45) is 8.75. The van der Waals surface area contributed by atoms with E-state index < -0.39 is 11.9 Å². The number of nitrogens with one attached hydrogen (secondary N) is 1. The van der Waals surface area contributed by atoms with Crippen LogP contribution in [-0.4, -0.2) is 42.8 Å². The molecular formula is C36H25ClN6O5. The van der Waals surface area contributed by atoms with E-state index in [0.717, 1.165) is 11.1 Å². The molecule has 0 aliphatic heterocycles. The lowest BCUT2D eigenvalue weighted by atomic mass is 9.94. The van der Waals surface area contributed by atoms with Crippen molar-refractivity contribution in [2.45, 2.75) is 20.4 Å². The monoisotopic (exact) mass is 656 g/mol. The number of nitrogens with zero attached hydrogens (tertiary/aromatic N) is 5. The molecule has 6 rings (SSSR count). The van der Waals surface area contributed by atoms with Gasteiger partial charge in [0.15, 0.2) is 11.9 Å². The van der Waals surface area contributed by atoms with Crippen LogP contribution in [0.25, 0.3) is 34.4 Å². The number of anilines is 1. The Morgan fingerprint density at radius 2 is 1.90 bits per heavy atom. The third-order valence-electron chi connectivity index (χ3n) is 7.84. The normalized spacial score (nSPS) is 11.1. The predicted octanol–water partition coefficient (Wildman–Crippen LogP) is 7.21. The summed E-state index contributed by atoms with van der Waals surface area (Å²) in [5.74, 6) is -1.08. The van der Waals surface area contributed by atoms with E-state index in [1.807, 2.05) is 13.0 Å². The van der Waals surface area contributed by atoms with Gasteiger partial charge in [0.2, 0.25) is 5.89 Å². The van der Waals surface area contributed by atoms with Crippen LogP contribution in [0.3, 0.4) is 0 Å². The van der Waals surface area contributed by atoms with Gasteiger partial charge in [0, 0.05) is 41.1 Å². The molecule has 0 radical (unpaired) electrons. The smallest absolute Gasteiger partial charge is 0.337 e. The largest absolute Gasteiger partial charge is 0.478 e. The summed E-state index contributed by atoms with van der Waals surface area (Å²) in [7, 11) is 0. The van der Waals surface area contributed by atoms with Crippen LogP contribution in [0.4, 0.5) is 5.69 Å². The van der Waals surface area contributed by atoms with Gasteiger partial charge in [0.25, 0.3) is 5.91 Å². The number of carboxylic acid groups (broad SMARTS) is 1. The van der Waals surface area contributed by atoms with Crippen molar-refractivity contribution >= 4 is 58.7 Å². The fourth-order valence-electron chi connectivity index (χ4n) is 5.30. The lowest BCUT2D eigenvalue weighted by Crippen LogP contribution is -2.14. The Morgan fingerprint density at radius 1 is 1.06 bits per heavy atom. The molecule has 236 valence electrons. The highest BCUT2D eigenvalue weighted by Crippen LogP contribution is 2.33. The van der Waals surface area contributed by atoms with Gasteiger partial charge in [-0.2, -0.15) is 5.26 Å². The van der Waals surface area contributed by atoms with Gasteiger partial charge in [-0.1, -0.05) is 29.8 Å². The van der Waals surface area contributed by atoms with Crippen LogP contribution >= 0.6 is 11.6 Å². The van der Waals surface area contributed by atoms with Gasteiger partial charge in [0.1, 0.15) is 17.3 Å². The van der Waals surface area contributed by atoms with Crippen molar-refractivity contribution in [3.05, 3.63) is 129 Å². The average molecular weight is 657 g/mol. The molecule has 6 aromatic rings. The number of hydrogen-bond donors (Lipinski definition) is 2. The summed E-state index contributed by atoms with van der Waals surface area (Å²) in [6.45, 7) is 3.79. The molecule has 0 saturated heterocycles. The van der Waals surface area contributed by atoms with Crippen LogP contribution in [0, 0.1) is 25.2 Å². The summed E-state index contributed by atoms with van der Waals surface area (Å²) in [5, 5.41) is 22.8. The number of rotatable bonds is 9. The number of fused-ring (bicyclic) bond motifs is 1. The summed E-state index contributed by atoms with van der Waals surface area (Å²) < 4.78 is 7.63. The first-order chi connectivity index (χ1) is 23.2. The number of carbonyl (C=O) groups excluding carboxylic acids is 2. The molecule has 4 aromatic heterocycles. The van der Waals surface area contributed by atoms with E-state index in [0.29, 0.717) is 67.6 Å². The van der Waals surface area contributed by atoms with E-state index in [1.54, 1.807) is 66.4 Å². The molecule has 0 bridgehead atoms. The molecule has 11 nitrogen and oxygen atoms in total. The number of aromatic nitrogens is 4. The van der Waals surface area contributed by atoms with Gasteiger partial charge in [-0.3, -0.25) is 19.6 Å². The molecule has 0 saturated carbocycles. The highest BCUT2D eigenvalue weighted by Gasteiger charge is 2.17. The number of aldehydes is 1. The van der Waals surface area contributed by atoms with Gasteiger partial charge < -0.3 is 19.4 Å². The fraction of sp³-hybridized carbons (Fsp3) is 0.0833. The van der Waals surface area contributed by atoms with Crippen molar-refractivity contribution in [2.75, 3.05) is 5.32 Å². The fourth-order valence-corrected chi connectivity index (χ4v) is 5.56. The maximum Gasteiger partial charge on any atom is 0.337 e. The third kappa shape index (κ3) is 6.20. The predicted molar refractivity (Wildman–Crippen MR) is 180 cm³/mol. The van der Waals surface area contributed by atoms with Crippen molar-refractivity contribution in [3.8, 4) is 17.2 Å². The van der Waals surface area contributed by atoms with Gasteiger partial charge in [0.05, 0.1) is 28.4 Å². The number of oxazole rings is 1. The van der Waals surface area contributed by atoms with Gasteiger partial charge in [-0.15, -0.1) is 0 Å². The zero-order chi connectivity index (χ0) is 33.9. The Balaban J connectivity index is 1.26. The first kappa shape index (κ1) is 31.6. The number of pyridine rings is 2. The second-order valence-corrected chi connectivity index (χ2v) is 11.2. The minimum Gasteiger partial charge on any atom is -0.478 e. The van der Waals surface area contributed by atoms with E-state index in [4.69, 9.17) is 16.0 Å². The summed E-state index contributed by atoms with van der Waals surface area (Å²) >= 11 is 6.55. The first-order valence-corrected chi connectivity index (χ1v) is 14.9. The molecule has 0 aliphatic rings. The molecule has 0 atom stereocenters. The van der Waals surface area contributed by atoms with Crippen molar-refractivity contribution in [3.63, 3.8) is 0 Å². The van der Waals surface area contributed by atoms with E-state index >= 15 is 0 Å². The van der Waals surface area contributed by atoms with Crippen LogP contribution in [0.5, 0.6) is 0 Å². The van der Waals surface area contributed by atoms with Crippen LogP contribution < -0.4 is 5.32 Å². The molecule has 1 amide bonds. The molecule has 4 heterocycles. The number of benzene rings is 2. The van der Waals surface area contributed by atoms with E-state index in [9.17, 15) is 24.8 Å². The molecule has 2 N–H and O–H groups in total. The van der Waals surface area contributed by atoms with Gasteiger partial charge >= 0.3 is 5.97 Å². The number of aromatic carboxylic acids is 1. The standard InChI is InChI=1S/C36H25ClN6O5/c1-20-24(4-3-5-29(20)42-35(45)31-9-7-23(19-44)17-40-31)26-10-12-39-30(27(26)16-38)8-6-22-14-28(37)34-32(15-22)41-33(48-34)18-43-13-11-25(21(43)2)36(46)47/h3-15,17,19H,18H2,1-2H3,(H,42,45)(H,46,47). The Morgan fingerprint density at radius 3 is 2.60 bits per heavy atom. The second kappa shape index (κ2) is 13.2. The first-order valence-electron chi connectivity index (χ1n) is 14.5. The Hall–Kier alpha value is -6.38. The van der Waals surface area contributed by atoms with Crippen molar-refractivity contribution in [1.82, 2.24) is 19.5 Å². The highest BCUT2D eigenvalue weighted by molar-refractivity contribution is 6.34. The highest BCUT2D eigenvalue weighted by atomic mass is 35.5. The van der Waals surface area contributed by atoms with Crippen LogP contribution in [0.2, 0.25) is 5.02 Å². The quantitative estimate of drug-likeness (QED) is 0.153. The molecule has 12 heteroatoms. The van der Waals surface area contributed by atoms with Crippen LogP contribution in [0.15, 0.2) is 77.6 Å². The number of halogens is 1. The van der Waals surface area contributed by atoms with Crippen LogP contribution in [-0.2, 0) is 6.54 Å². The zero-order valence-electron chi connectivity index (χ0n) is 25.6. The summed E-state index contributed by atoms with van der Waals surface area (Å²) in [4.78, 5) is 48.3. The average Bonchev–Trinajstić information content (AvgIpc) is 3.67. The molecule has 0 spiro atoms. The van der Waals surface area contributed by atoms with Crippen molar-refractivity contribution in [2.24, 2.45) is 0 Å². The number of nitriles is 1. The summed E-state index contributed by atoms with van der Waals surface area (Å²) in [6, 6.07) is 17.4. The van der Waals surface area contributed by atoms with E-state index in [-0.39, 0.29) is 17.8 Å². The Bertz CT molecular complexity index is 2310. The number of carbonyl (C=O) groups is 3. The van der Waals surface area contributed by atoms with E-state index in [1.165, 1.54) is 24.4 Å². The van der Waals surface area contributed by atoms with Gasteiger partial charge in [-0.05, 0) is 79.1 Å².